The second-order valence-corrected chi connectivity index (χ2v) is 7.00. The molecule has 2 atom stereocenters. The van der Waals surface area contributed by atoms with Gasteiger partial charge in [-0.25, -0.2) is 9.18 Å². The van der Waals surface area contributed by atoms with Crippen molar-refractivity contribution in [3.8, 4) is 11.1 Å². The standard InChI is InChI=1S/C21H20FNO4/c22-19-9-10-23(11-17(19)20(24)25)21(26)27-12-18-15-7-3-1-5-13(15)14-6-2-4-8-16(14)18/h1-8,17-19H,9-12H2,(H,24,25)/t17-,19-/m1/s1. The average Bonchev–Trinajstić information content (AvgIpc) is 3.00. The van der Waals surface area contributed by atoms with Crippen molar-refractivity contribution in [2.45, 2.75) is 18.5 Å². The highest BCUT2D eigenvalue weighted by molar-refractivity contribution is 5.79. The molecule has 1 saturated heterocycles. The van der Waals surface area contributed by atoms with Gasteiger partial charge in [0.15, 0.2) is 0 Å². The lowest BCUT2D eigenvalue weighted by molar-refractivity contribution is -0.146. The van der Waals surface area contributed by atoms with Gasteiger partial charge in [0, 0.05) is 19.0 Å². The number of hydrogen-bond donors (Lipinski definition) is 1. The van der Waals surface area contributed by atoms with Crippen molar-refractivity contribution in [1.82, 2.24) is 4.90 Å². The summed E-state index contributed by atoms with van der Waals surface area (Å²) in [6.45, 7) is 0.176. The molecule has 0 unspecified atom stereocenters. The van der Waals surface area contributed by atoms with E-state index in [1.54, 1.807) is 0 Å². The molecular formula is C21H20FNO4. The van der Waals surface area contributed by atoms with Gasteiger partial charge in [0.25, 0.3) is 0 Å². The highest BCUT2D eigenvalue weighted by Gasteiger charge is 2.37. The van der Waals surface area contributed by atoms with Crippen LogP contribution in [0.15, 0.2) is 48.5 Å². The molecule has 0 bridgehead atoms. The number of aliphatic carboxylic acids is 1. The van der Waals surface area contributed by atoms with Crippen LogP contribution in [-0.2, 0) is 9.53 Å². The van der Waals surface area contributed by atoms with E-state index in [1.165, 1.54) is 4.90 Å². The number of halogens is 1. The van der Waals surface area contributed by atoms with E-state index in [1.807, 2.05) is 36.4 Å². The number of amides is 1. The number of carboxylic acids is 1. The van der Waals surface area contributed by atoms with Crippen LogP contribution >= 0.6 is 0 Å². The van der Waals surface area contributed by atoms with E-state index in [9.17, 15) is 14.0 Å². The predicted molar refractivity (Wildman–Crippen MR) is 97.3 cm³/mol. The smallest absolute Gasteiger partial charge is 0.409 e. The van der Waals surface area contributed by atoms with Crippen molar-refractivity contribution in [3.05, 3.63) is 59.7 Å². The maximum Gasteiger partial charge on any atom is 0.409 e. The summed E-state index contributed by atoms with van der Waals surface area (Å²) in [6.07, 6.45) is -2.00. The third-order valence-corrected chi connectivity index (χ3v) is 5.44. The number of carbonyl (C=O) groups is 2. The minimum absolute atomic E-state index is 0.0150. The van der Waals surface area contributed by atoms with Crippen molar-refractivity contribution in [2.75, 3.05) is 19.7 Å². The van der Waals surface area contributed by atoms with Gasteiger partial charge in [-0.2, -0.15) is 0 Å². The molecule has 27 heavy (non-hydrogen) atoms. The van der Waals surface area contributed by atoms with Gasteiger partial charge >= 0.3 is 12.1 Å². The van der Waals surface area contributed by atoms with Gasteiger partial charge in [-0.1, -0.05) is 48.5 Å². The molecule has 1 fully saturated rings. The van der Waals surface area contributed by atoms with E-state index < -0.39 is 24.2 Å². The number of alkyl halides is 1. The fraction of sp³-hybridized carbons (Fsp3) is 0.333. The summed E-state index contributed by atoms with van der Waals surface area (Å²) in [5.74, 6) is -2.48. The summed E-state index contributed by atoms with van der Waals surface area (Å²) in [7, 11) is 0. The van der Waals surface area contributed by atoms with Crippen LogP contribution in [0.5, 0.6) is 0 Å². The third-order valence-electron chi connectivity index (χ3n) is 5.44. The second kappa shape index (κ2) is 7.02. The summed E-state index contributed by atoms with van der Waals surface area (Å²) in [4.78, 5) is 24.9. The lowest BCUT2D eigenvalue weighted by atomic mass is 9.96. The van der Waals surface area contributed by atoms with Crippen molar-refractivity contribution >= 4 is 12.1 Å². The van der Waals surface area contributed by atoms with Gasteiger partial charge in [0.05, 0.1) is 0 Å². The predicted octanol–water partition coefficient (Wildman–Crippen LogP) is 3.68. The molecule has 0 saturated carbocycles. The number of benzene rings is 2. The largest absolute Gasteiger partial charge is 0.481 e. The first-order chi connectivity index (χ1) is 13.1. The molecule has 2 aliphatic rings. The molecule has 4 rings (SSSR count). The number of carbonyl (C=O) groups excluding carboxylic acids is 1. The molecule has 5 nitrogen and oxygen atoms in total. The summed E-state index contributed by atoms with van der Waals surface area (Å²) in [5.41, 5.74) is 4.49. The van der Waals surface area contributed by atoms with E-state index in [0.717, 1.165) is 22.3 Å². The van der Waals surface area contributed by atoms with Crippen molar-refractivity contribution in [3.63, 3.8) is 0 Å². The topological polar surface area (TPSA) is 66.8 Å². The van der Waals surface area contributed by atoms with E-state index >= 15 is 0 Å². The quantitative estimate of drug-likeness (QED) is 0.896. The van der Waals surface area contributed by atoms with Gasteiger partial charge in [0.1, 0.15) is 18.7 Å². The lowest BCUT2D eigenvalue weighted by Crippen LogP contribution is -2.47. The molecule has 0 aromatic heterocycles. The zero-order chi connectivity index (χ0) is 19.0. The molecule has 1 aliphatic carbocycles. The number of carboxylic acid groups (broad SMARTS) is 1. The molecule has 2 aromatic rings. The van der Waals surface area contributed by atoms with Crippen LogP contribution < -0.4 is 0 Å². The summed E-state index contributed by atoms with van der Waals surface area (Å²) in [6, 6.07) is 16.1. The summed E-state index contributed by atoms with van der Waals surface area (Å²) >= 11 is 0. The Hall–Kier alpha value is -2.89. The molecule has 2 aromatic carbocycles. The van der Waals surface area contributed by atoms with Crippen LogP contribution in [0, 0.1) is 5.92 Å². The monoisotopic (exact) mass is 369 g/mol. The minimum atomic E-state index is -1.43. The Labute approximate surface area is 156 Å². The molecule has 140 valence electrons. The maximum atomic E-state index is 13.7. The Morgan fingerprint density at radius 3 is 2.26 bits per heavy atom. The van der Waals surface area contributed by atoms with E-state index in [0.29, 0.717) is 0 Å². The number of fused-ring (bicyclic) bond motifs is 3. The van der Waals surface area contributed by atoms with Gasteiger partial charge in [-0.15, -0.1) is 0 Å². The minimum Gasteiger partial charge on any atom is -0.481 e. The van der Waals surface area contributed by atoms with Crippen LogP contribution in [0.25, 0.3) is 11.1 Å². The van der Waals surface area contributed by atoms with Crippen molar-refractivity contribution < 1.29 is 23.8 Å². The molecule has 6 heteroatoms. The molecule has 0 radical (unpaired) electrons. The maximum absolute atomic E-state index is 13.7. The van der Waals surface area contributed by atoms with Crippen molar-refractivity contribution in [2.24, 2.45) is 5.92 Å². The van der Waals surface area contributed by atoms with Crippen LogP contribution in [-0.4, -0.2) is 47.9 Å². The first-order valence-electron chi connectivity index (χ1n) is 9.03. The Morgan fingerprint density at radius 2 is 1.67 bits per heavy atom. The zero-order valence-electron chi connectivity index (χ0n) is 14.7. The van der Waals surface area contributed by atoms with Gasteiger partial charge < -0.3 is 14.7 Å². The molecule has 1 aliphatic heterocycles. The number of rotatable bonds is 3. The second-order valence-electron chi connectivity index (χ2n) is 7.00. The van der Waals surface area contributed by atoms with Crippen LogP contribution in [0.4, 0.5) is 9.18 Å². The van der Waals surface area contributed by atoms with Crippen LogP contribution in [0.2, 0.25) is 0 Å². The normalized spacial score (nSPS) is 21.4. The van der Waals surface area contributed by atoms with E-state index in [-0.39, 0.29) is 32.0 Å². The Morgan fingerprint density at radius 1 is 1.07 bits per heavy atom. The van der Waals surface area contributed by atoms with Gasteiger partial charge in [0.2, 0.25) is 0 Å². The lowest BCUT2D eigenvalue weighted by Gasteiger charge is -2.32. The zero-order valence-corrected chi connectivity index (χ0v) is 14.7. The van der Waals surface area contributed by atoms with Crippen LogP contribution in [0.1, 0.15) is 23.5 Å². The molecule has 1 N–H and O–H groups in total. The highest BCUT2D eigenvalue weighted by Crippen LogP contribution is 2.44. The SMILES string of the molecule is O=C(O)[C@@H]1CN(C(=O)OCC2c3ccccc3-c3ccccc32)CC[C@H]1F. The highest BCUT2D eigenvalue weighted by atomic mass is 19.1. The Kier molecular flexibility index (Phi) is 4.56. The first kappa shape index (κ1) is 17.5. The number of likely N-dealkylation sites (tertiary alicyclic amines) is 1. The van der Waals surface area contributed by atoms with Gasteiger partial charge in [-0.05, 0) is 28.7 Å². The van der Waals surface area contributed by atoms with Crippen LogP contribution in [0.3, 0.4) is 0 Å². The number of piperidine rings is 1. The third kappa shape index (κ3) is 3.16. The number of nitrogens with zero attached hydrogens (tertiary/aromatic N) is 1. The first-order valence-corrected chi connectivity index (χ1v) is 9.03. The Balaban J connectivity index is 1.47. The van der Waals surface area contributed by atoms with Gasteiger partial charge in [-0.3, -0.25) is 4.79 Å². The molecule has 1 amide bonds. The molecular weight excluding hydrogens is 349 g/mol. The number of hydrogen-bond acceptors (Lipinski definition) is 3. The van der Waals surface area contributed by atoms with Crippen molar-refractivity contribution in [1.29, 1.82) is 0 Å². The average molecular weight is 369 g/mol. The summed E-state index contributed by atoms with van der Waals surface area (Å²) in [5, 5.41) is 9.11. The fourth-order valence-corrected chi connectivity index (χ4v) is 4.01. The molecule has 1 heterocycles. The number of ether oxygens (including phenoxy) is 1. The van der Waals surface area contributed by atoms with E-state index in [4.69, 9.17) is 9.84 Å². The van der Waals surface area contributed by atoms with E-state index in [2.05, 4.69) is 12.1 Å². The summed E-state index contributed by atoms with van der Waals surface area (Å²) < 4.78 is 19.3. The Bertz CT molecular complexity index is 838. The fourth-order valence-electron chi connectivity index (χ4n) is 4.01. The molecule has 0 spiro atoms.